The largest absolute Gasteiger partial charge is 0.480 e. The fourth-order valence-corrected chi connectivity index (χ4v) is 1.51. The first-order chi connectivity index (χ1) is 6.24. The molecule has 0 aromatic heterocycles. The summed E-state index contributed by atoms with van der Waals surface area (Å²) in [6, 6.07) is 9.05. The summed E-state index contributed by atoms with van der Waals surface area (Å²) in [6.07, 6.45) is 0.513. The van der Waals surface area contributed by atoms with Crippen molar-refractivity contribution in [1.29, 1.82) is 0 Å². The highest BCUT2D eigenvalue weighted by atomic mass is 131. The zero-order valence-electron chi connectivity index (χ0n) is 6.90. The number of nitrogens with one attached hydrogen (secondary N) is 1. The molecule has 1 rings (SSSR count). The molecule has 70 valence electrons. The van der Waals surface area contributed by atoms with Gasteiger partial charge in [-0.2, -0.15) is 0 Å². The molecule has 3 nitrogen and oxygen atoms in total. The number of carbonyl (C=O) groups is 1. The van der Waals surface area contributed by atoms with Crippen molar-refractivity contribution in [1.82, 2.24) is 3.53 Å². The first-order valence-corrected chi connectivity index (χ1v) is 4.95. The summed E-state index contributed by atoms with van der Waals surface area (Å²) >= 11 is 1.86. The molecule has 0 fully saturated rings. The molecule has 0 saturated carbocycles. The quantitative estimate of drug-likeness (QED) is 0.655. The van der Waals surface area contributed by atoms with E-state index in [4.69, 9.17) is 5.11 Å². The first kappa shape index (κ1) is 10.5. The van der Waals surface area contributed by atoms with Gasteiger partial charge in [-0.25, -0.2) is 3.53 Å². The predicted molar refractivity (Wildman–Crippen MR) is 58.7 cm³/mol. The zero-order chi connectivity index (χ0) is 9.68. The van der Waals surface area contributed by atoms with E-state index in [0.29, 0.717) is 6.42 Å². The van der Waals surface area contributed by atoms with Gasteiger partial charge in [0, 0.05) is 22.9 Å². The molecule has 1 atom stereocenters. The molecule has 2 N–H and O–H groups in total. The van der Waals surface area contributed by atoms with Crippen molar-refractivity contribution in [3.05, 3.63) is 35.9 Å². The average molecular weight is 295 g/mol. The van der Waals surface area contributed by atoms with E-state index >= 15 is 0 Å². The lowest BCUT2D eigenvalue weighted by atomic mass is 10.1. The van der Waals surface area contributed by atoms with Crippen LogP contribution in [-0.2, 0) is 11.2 Å². The maximum absolute atomic E-state index is 10.7. The van der Waals surface area contributed by atoms with Crippen molar-refractivity contribution in [3.8, 4) is 0 Å². The van der Waals surface area contributed by atoms with Crippen molar-refractivity contribution < 1.29 is 9.90 Å². The van der Waals surface area contributed by atoms with Crippen LogP contribution in [0.4, 0.5) is 0 Å². The van der Waals surface area contributed by atoms with E-state index in [2.05, 4.69) is 3.53 Å². The molecular weight excluding hydrogens is 285 g/mol. The minimum Gasteiger partial charge on any atom is -0.480 e. The number of aliphatic carboxylic acids is 1. The minimum atomic E-state index is -0.821. The molecule has 0 unspecified atom stereocenters. The van der Waals surface area contributed by atoms with E-state index in [9.17, 15) is 4.79 Å². The molecule has 4 heteroatoms. The molecule has 0 heterocycles. The monoisotopic (exact) mass is 295 g/mol. The lowest BCUT2D eigenvalue weighted by Crippen LogP contribution is -2.32. The zero-order valence-corrected chi connectivity index (χ0v) is 9.06. The molecule has 0 bridgehead atoms. The van der Waals surface area contributed by atoms with Gasteiger partial charge in [0.1, 0.15) is 6.04 Å². The van der Waals surface area contributed by atoms with Gasteiger partial charge in [-0.15, -0.1) is 0 Å². The van der Waals surface area contributed by atoms with E-state index in [1.807, 2.05) is 53.2 Å². The van der Waals surface area contributed by atoms with Crippen LogP contribution in [0.1, 0.15) is 5.56 Å². The maximum atomic E-state index is 10.7. The summed E-state index contributed by atoms with van der Waals surface area (Å²) in [4.78, 5) is 10.7. The Morgan fingerprint density at radius 2 is 2.08 bits per heavy atom. The number of hydrogen-bond acceptors (Lipinski definition) is 2. The van der Waals surface area contributed by atoms with Crippen LogP contribution in [0.15, 0.2) is 30.3 Å². The van der Waals surface area contributed by atoms with Gasteiger partial charge in [0.15, 0.2) is 0 Å². The van der Waals surface area contributed by atoms with Crippen molar-refractivity contribution in [2.24, 2.45) is 0 Å². The Morgan fingerprint density at radius 1 is 1.46 bits per heavy atom. The number of carboxylic acids is 1. The van der Waals surface area contributed by atoms with Crippen molar-refractivity contribution in [2.45, 2.75) is 12.5 Å². The smallest absolute Gasteiger partial charge is 0.321 e. The van der Waals surface area contributed by atoms with Gasteiger partial charge in [-0.1, -0.05) is 30.3 Å². The molecule has 0 amide bonds. The van der Waals surface area contributed by atoms with Crippen LogP contribution in [0.25, 0.3) is 0 Å². The standard InChI is InChI=1S/C9H10INO2/c10-11-8(9(12)13)6-7-4-2-1-3-5-7/h1-5,8,11H,6H2,(H,12,13)/t8-/m0/s1/i10+4. The molecule has 1 aromatic rings. The molecular formula is C9H10INO2. The Kier molecular flexibility index (Phi) is 4.17. The lowest BCUT2D eigenvalue weighted by molar-refractivity contribution is -0.138. The number of benzene rings is 1. The molecule has 0 saturated heterocycles. The van der Waals surface area contributed by atoms with E-state index in [-0.39, 0.29) is 0 Å². The van der Waals surface area contributed by atoms with Crippen molar-refractivity contribution in [3.63, 3.8) is 0 Å². The number of hydrogen-bond donors (Lipinski definition) is 2. The molecule has 0 aliphatic carbocycles. The normalized spacial score (nSPS) is 12.4. The van der Waals surface area contributed by atoms with Crippen molar-refractivity contribution >= 4 is 28.8 Å². The Balaban J connectivity index is 2.62. The summed E-state index contributed by atoms with van der Waals surface area (Å²) in [5.41, 5.74) is 1.03. The van der Waals surface area contributed by atoms with Gasteiger partial charge in [-0.3, -0.25) is 4.79 Å². The topological polar surface area (TPSA) is 49.3 Å². The summed E-state index contributed by atoms with van der Waals surface area (Å²) in [5, 5.41) is 8.77. The van der Waals surface area contributed by atoms with Crippen LogP contribution in [0.3, 0.4) is 0 Å². The molecule has 0 spiro atoms. The van der Waals surface area contributed by atoms with Gasteiger partial charge in [0.25, 0.3) is 0 Å². The van der Waals surface area contributed by atoms with Gasteiger partial charge in [0.2, 0.25) is 0 Å². The number of rotatable bonds is 4. The second-order valence-corrected chi connectivity index (χ2v) is 3.31. The Bertz CT molecular complexity index is 276. The molecule has 0 aliphatic heterocycles. The van der Waals surface area contributed by atoms with Crippen LogP contribution in [0, 0.1) is 0 Å². The molecule has 1 aromatic carbocycles. The molecule has 13 heavy (non-hydrogen) atoms. The third kappa shape index (κ3) is 3.31. The molecule has 0 radical (unpaired) electrons. The second-order valence-electron chi connectivity index (χ2n) is 2.69. The second kappa shape index (κ2) is 5.18. The van der Waals surface area contributed by atoms with Crippen LogP contribution in [0.5, 0.6) is 0 Å². The summed E-state index contributed by atoms with van der Waals surface area (Å²) < 4.78 is 2.72. The van der Waals surface area contributed by atoms with Crippen LogP contribution in [0.2, 0.25) is 0 Å². The van der Waals surface area contributed by atoms with E-state index < -0.39 is 12.0 Å². The molecule has 0 aliphatic rings. The third-order valence-corrected chi connectivity index (χ3v) is 2.46. The Labute approximate surface area is 90.7 Å². The summed E-state index contributed by atoms with van der Waals surface area (Å²) in [5.74, 6) is -0.821. The Morgan fingerprint density at radius 3 is 2.54 bits per heavy atom. The van der Waals surface area contributed by atoms with E-state index in [0.717, 1.165) is 5.56 Å². The van der Waals surface area contributed by atoms with Crippen LogP contribution in [-0.4, -0.2) is 17.1 Å². The third-order valence-electron chi connectivity index (χ3n) is 1.71. The fourth-order valence-electron chi connectivity index (χ4n) is 1.02. The van der Waals surface area contributed by atoms with Gasteiger partial charge in [0.05, 0.1) is 0 Å². The summed E-state index contributed by atoms with van der Waals surface area (Å²) in [6.45, 7) is 0. The van der Waals surface area contributed by atoms with Crippen LogP contribution >= 0.6 is 22.9 Å². The summed E-state index contributed by atoms with van der Waals surface area (Å²) in [7, 11) is 0. The predicted octanol–water partition coefficient (Wildman–Crippen LogP) is 1.62. The lowest BCUT2D eigenvalue weighted by Gasteiger charge is -2.09. The highest BCUT2D eigenvalue weighted by molar-refractivity contribution is 14.1. The van der Waals surface area contributed by atoms with Gasteiger partial charge >= 0.3 is 5.97 Å². The van der Waals surface area contributed by atoms with E-state index in [1.54, 1.807) is 0 Å². The highest BCUT2D eigenvalue weighted by Crippen LogP contribution is 2.04. The minimum absolute atomic E-state index is 0.511. The van der Waals surface area contributed by atoms with Crippen molar-refractivity contribution in [2.75, 3.05) is 0 Å². The maximum Gasteiger partial charge on any atom is 0.321 e. The Hall–Kier alpha value is -0.620. The van der Waals surface area contributed by atoms with Crippen LogP contribution < -0.4 is 3.53 Å². The highest BCUT2D eigenvalue weighted by Gasteiger charge is 2.15. The fraction of sp³-hybridized carbons (Fsp3) is 0.222. The average Bonchev–Trinajstić information content (AvgIpc) is 2.15. The SMILES string of the molecule is O=C(O)[C@H](Cc1ccccc1)N[131I]. The first-order valence-electron chi connectivity index (χ1n) is 3.87. The van der Waals surface area contributed by atoms with Gasteiger partial charge < -0.3 is 5.11 Å². The van der Waals surface area contributed by atoms with E-state index in [1.165, 1.54) is 0 Å². The van der Waals surface area contributed by atoms with Gasteiger partial charge in [-0.05, 0) is 12.0 Å². The number of carboxylic acid groups (broad SMARTS) is 1. The number of halogens is 1.